The highest BCUT2D eigenvalue weighted by atomic mass is 79.9. The van der Waals surface area contributed by atoms with Crippen molar-refractivity contribution in [3.8, 4) is 5.75 Å². The lowest BCUT2D eigenvalue weighted by molar-refractivity contribution is -0.113. The lowest BCUT2D eigenvalue weighted by atomic mass is 10.3. The fraction of sp³-hybridized carbons (Fsp3) is 0.200. The van der Waals surface area contributed by atoms with E-state index in [1.807, 2.05) is 0 Å². The van der Waals surface area contributed by atoms with Gasteiger partial charge in [0.2, 0.25) is 5.91 Å². The van der Waals surface area contributed by atoms with Crippen LogP contribution in [0.1, 0.15) is 18.9 Å². The Labute approximate surface area is 196 Å². The Kier molecular flexibility index (Phi) is 8.05. The maximum atomic E-state index is 13.3. The van der Waals surface area contributed by atoms with Crippen molar-refractivity contribution < 1.29 is 13.9 Å². The van der Waals surface area contributed by atoms with Crippen LogP contribution in [-0.4, -0.2) is 31.4 Å². The van der Waals surface area contributed by atoms with Crippen LogP contribution in [0, 0.1) is 5.82 Å². The number of carbonyl (C=O) groups is 1. The van der Waals surface area contributed by atoms with E-state index in [2.05, 4.69) is 43.0 Å². The SMILES string of the molecule is C=CCn1c(SCC(=O)Nc2ccc(Br)cn2)nnc1C(C)Oc1ccc(F)cc1Cl. The molecule has 0 aliphatic carbocycles. The minimum absolute atomic E-state index is 0.117. The molecule has 1 atom stereocenters. The van der Waals surface area contributed by atoms with E-state index in [0.29, 0.717) is 29.1 Å². The number of halogens is 3. The first kappa shape index (κ1) is 23.2. The summed E-state index contributed by atoms with van der Waals surface area (Å²) in [6.45, 7) is 5.97. The molecule has 11 heteroatoms. The van der Waals surface area contributed by atoms with E-state index in [1.165, 1.54) is 30.0 Å². The van der Waals surface area contributed by atoms with Crippen LogP contribution in [0.15, 0.2) is 58.8 Å². The number of aromatic nitrogens is 4. The molecule has 2 heterocycles. The van der Waals surface area contributed by atoms with Gasteiger partial charge < -0.3 is 10.1 Å². The van der Waals surface area contributed by atoms with E-state index < -0.39 is 11.9 Å². The number of nitrogens with one attached hydrogen (secondary N) is 1. The summed E-state index contributed by atoms with van der Waals surface area (Å²) < 4.78 is 21.7. The van der Waals surface area contributed by atoms with E-state index in [-0.39, 0.29) is 16.7 Å². The number of hydrogen-bond acceptors (Lipinski definition) is 6. The Morgan fingerprint density at radius 1 is 1.42 bits per heavy atom. The molecule has 1 amide bonds. The Bertz CT molecular complexity index is 1080. The molecular formula is C20H18BrClFN5O2S. The topological polar surface area (TPSA) is 81.9 Å². The Hall–Kier alpha value is -2.43. The number of benzene rings is 1. The Balaban J connectivity index is 1.68. The van der Waals surface area contributed by atoms with Crippen LogP contribution in [0.25, 0.3) is 0 Å². The molecule has 7 nitrogen and oxygen atoms in total. The molecule has 0 fully saturated rings. The number of ether oxygens (including phenoxy) is 1. The van der Waals surface area contributed by atoms with Crippen LogP contribution in [0.2, 0.25) is 5.02 Å². The summed E-state index contributed by atoms with van der Waals surface area (Å²) in [6, 6.07) is 7.39. The minimum atomic E-state index is -0.523. The number of pyridine rings is 1. The standard InChI is InChI=1S/C20H18BrClFN5O2S/c1-3-8-28-19(12(2)30-16-6-5-14(23)9-15(16)22)26-27-20(28)31-11-18(29)25-17-7-4-13(21)10-24-17/h3-7,9-10,12H,1,8,11H2,2H3,(H,24,25,29). The number of allylic oxidation sites excluding steroid dienone is 1. The quantitative estimate of drug-likeness (QED) is 0.302. The number of nitrogens with zero attached hydrogens (tertiary/aromatic N) is 4. The number of rotatable bonds is 9. The maximum Gasteiger partial charge on any atom is 0.236 e. The molecule has 0 saturated heterocycles. The number of amides is 1. The average molecular weight is 527 g/mol. The molecule has 3 aromatic rings. The second kappa shape index (κ2) is 10.7. The molecule has 0 spiro atoms. The zero-order chi connectivity index (χ0) is 22.4. The lowest BCUT2D eigenvalue weighted by Gasteiger charge is -2.16. The van der Waals surface area contributed by atoms with Crippen LogP contribution >= 0.6 is 39.3 Å². The van der Waals surface area contributed by atoms with Crippen molar-refractivity contribution in [1.29, 1.82) is 0 Å². The number of thioether (sulfide) groups is 1. The molecule has 2 aromatic heterocycles. The number of carbonyl (C=O) groups excluding carboxylic acids is 1. The van der Waals surface area contributed by atoms with Crippen LogP contribution in [0.3, 0.4) is 0 Å². The summed E-state index contributed by atoms with van der Waals surface area (Å²) in [6.07, 6.45) is 2.77. The molecule has 3 rings (SSSR count). The predicted octanol–water partition coefficient (Wildman–Crippen LogP) is 5.28. The monoisotopic (exact) mass is 525 g/mol. The first-order valence-corrected chi connectivity index (χ1v) is 11.2. The number of anilines is 1. The predicted molar refractivity (Wildman–Crippen MR) is 122 cm³/mol. The lowest BCUT2D eigenvalue weighted by Crippen LogP contribution is -2.16. The third-order valence-corrected chi connectivity index (χ3v) is 5.68. The second-order valence-corrected chi connectivity index (χ2v) is 8.54. The van der Waals surface area contributed by atoms with Gasteiger partial charge in [-0.05, 0) is 53.2 Å². The summed E-state index contributed by atoms with van der Waals surface area (Å²) in [5, 5.41) is 11.8. The fourth-order valence-electron chi connectivity index (χ4n) is 2.58. The van der Waals surface area contributed by atoms with Crippen LogP contribution in [0.5, 0.6) is 5.75 Å². The van der Waals surface area contributed by atoms with Crippen molar-refractivity contribution in [2.24, 2.45) is 0 Å². The molecule has 0 radical (unpaired) electrons. The smallest absolute Gasteiger partial charge is 0.236 e. The normalized spacial score (nSPS) is 11.7. The van der Waals surface area contributed by atoms with Crippen molar-refractivity contribution in [2.75, 3.05) is 11.1 Å². The van der Waals surface area contributed by atoms with Gasteiger partial charge in [0.15, 0.2) is 17.1 Å². The first-order chi connectivity index (χ1) is 14.9. The maximum absolute atomic E-state index is 13.3. The van der Waals surface area contributed by atoms with Gasteiger partial charge in [0.25, 0.3) is 0 Å². The van der Waals surface area contributed by atoms with Crippen molar-refractivity contribution >= 4 is 51.0 Å². The Morgan fingerprint density at radius 2 is 2.23 bits per heavy atom. The zero-order valence-electron chi connectivity index (χ0n) is 16.4. The summed E-state index contributed by atoms with van der Waals surface area (Å²) >= 11 is 10.6. The van der Waals surface area contributed by atoms with Gasteiger partial charge in [0.05, 0.1) is 10.8 Å². The summed E-state index contributed by atoms with van der Waals surface area (Å²) in [5.74, 6) is 0.760. The van der Waals surface area contributed by atoms with Gasteiger partial charge in [-0.25, -0.2) is 9.37 Å². The van der Waals surface area contributed by atoms with Gasteiger partial charge in [-0.1, -0.05) is 29.4 Å². The van der Waals surface area contributed by atoms with Gasteiger partial charge in [0.1, 0.15) is 17.4 Å². The van der Waals surface area contributed by atoms with Crippen LogP contribution in [-0.2, 0) is 11.3 Å². The molecule has 0 aliphatic rings. The van der Waals surface area contributed by atoms with Crippen molar-refractivity contribution in [3.05, 3.63) is 70.3 Å². The van der Waals surface area contributed by atoms with E-state index >= 15 is 0 Å². The van der Waals surface area contributed by atoms with Crippen LogP contribution < -0.4 is 10.1 Å². The fourth-order valence-corrected chi connectivity index (χ4v) is 3.78. The first-order valence-electron chi connectivity index (χ1n) is 9.07. The summed E-state index contributed by atoms with van der Waals surface area (Å²) in [5.41, 5.74) is 0. The molecular weight excluding hydrogens is 509 g/mol. The second-order valence-electron chi connectivity index (χ2n) is 6.27. The Morgan fingerprint density at radius 3 is 2.90 bits per heavy atom. The zero-order valence-corrected chi connectivity index (χ0v) is 19.5. The van der Waals surface area contributed by atoms with Crippen molar-refractivity contribution in [3.63, 3.8) is 0 Å². The molecule has 31 heavy (non-hydrogen) atoms. The largest absolute Gasteiger partial charge is 0.481 e. The van der Waals surface area contributed by atoms with Gasteiger partial charge in [-0.2, -0.15) is 0 Å². The molecule has 1 aromatic carbocycles. The van der Waals surface area contributed by atoms with Gasteiger partial charge >= 0.3 is 0 Å². The highest BCUT2D eigenvalue weighted by molar-refractivity contribution is 9.10. The molecule has 0 aliphatic heterocycles. The van der Waals surface area contributed by atoms with Gasteiger partial charge in [-0.15, -0.1) is 16.8 Å². The van der Waals surface area contributed by atoms with E-state index in [9.17, 15) is 9.18 Å². The van der Waals surface area contributed by atoms with Crippen molar-refractivity contribution in [1.82, 2.24) is 19.7 Å². The number of hydrogen-bond donors (Lipinski definition) is 1. The molecule has 0 bridgehead atoms. The third kappa shape index (κ3) is 6.28. The molecule has 0 saturated carbocycles. The summed E-state index contributed by atoms with van der Waals surface area (Å²) in [4.78, 5) is 16.4. The molecule has 1 N–H and O–H groups in total. The van der Waals surface area contributed by atoms with Crippen LogP contribution in [0.4, 0.5) is 10.2 Å². The average Bonchev–Trinajstić information content (AvgIpc) is 3.13. The highest BCUT2D eigenvalue weighted by Crippen LogP contribution is 2.30. The molecule has 1 unspecified atom stereocenters. The summed E-state index contributed by atoms with van der Waals surface area (Å²) in [7, 11) is 0. The molecule has 162 valence electrons. The van der Waals surface area contributed by atoms with E-state index in [4.69, 9.17) is 16.3 Å². The minimum Gasteiger partial charge on any atom is -0.481 e. The van der Waals surface area contributed by atoms with E-state index in [1.54, 1.807) is 35.9 Å². The highest BCUT2D eigenvalue weighted by Gasteiger charge is 2.20. The van der Waals surface area contributed by atoms with Gasteiger partial charge in [0, 0.05) is 17.2 Å². The third-order valence-electron chi connectivity index (χ3n) is 3.95. The van der Waals surface area contributed by atoms with Crippen molar-refractivity contribution in [2.45, 2.75) is 24.7 Å². The van der Waals surface area contributed by atoms with Gasteiger partial charge in [-0.3, -0.25) is 9.36 Å². The van der Waals surface area contributed by atoms with E-state index in [0.717, 1.165) is 4.47 Å².